The summed E-state index contributed by atoms with van der Waals surface area (Å²) >= 11 is 3.47. The normalized spacial score (nSPS) is 10.4. The summed E-state index contributed by atoms with van der Waals surface area (Å²) < 4.78 is 6.50. The first-order chi connectivity index (χ1) is 12.1. The van der Waals surface area contributed by atoms with Crippen LogP contribution in [0.2, 0.25) is 0 Å². The number of ether oxygens (including phenoxy) is 1. The molecular formula is C19H19BrN4O. The van der Waals surface area contributed by atoms with E-state index in [1.807, 2.05) is 56.3 Å². The van der Waals surface area contributed by atoms with Crippen molar-refractivity contribution < 1.29 is 4.74 Å². The van der Waals surface area contributed by atoms with Crippen LogP contribution in [0.15, 0.2) is 59.2 Å². The SMILES string of the molecule is CCOc1ccc(Nc2nccc(Nc3ccc(Br)cc3C)n2)cc1. The van der Waals surface area contributed by atoms with Crippen LogP contribution in [0.5, 0.6) is 5.75 Å². The van der Waals surface area contributed by atoms with Gasteiger partial charge in [0.05, 0.1) is 6.61 Å². The van der Waals surface area contributed by atoms with Gasteiger partial charge in [-0.2, -0.15) is 4.98 Å². The van der Waals surface area contributed by atoms with Gasteiger partial charge in [0.25, 0.3) is 0 Å². The highest BCUT2D eigenvalue weighted by molar-refractivity contribution is 9.10. The number of hydrogen-bond acceptors (Lipinski definition) is 5. The van der Waals surface area contributed by atoms with Crippen molar-refractivity contribution in [1.82, 2.24) is 9.97 Å². The Kier molecular flexibility index (Phi) is 5.50. The fourth-order valence-electron chi connectivity index (χ4n) is 2.32. The number of anilines is 4. The van der Waals surface area contributed by atoms with Crippen molar-refractivity contribution in [3.63, 3.8) is 0 Å². The topological polar surface area (TPSA) is 59.1 Å². The van der Waals surface area contributed by atoms with Crippen LogP contribution in [0, 0.1) is 6.92 Å². The van der Waals surface area contributed by atoms with Gasteiger partial charge in [0.2, 0.25) is 5.95 Å². The van der Waals surface area contributed by atoms with Gasteiger partial charge in [0.1, 0.15) is 11.6 Å². The average Bonchev–Trinajstić information content (AvgIpc) is 2.60. The summed E-state index contributed by atoms with van der Waals surface area (Å²) in [7, 11) is 0. The molecule has 3 aromatic rings. The number of aromatic nitrogens is 2. The predicted octanol–water partition coefficient (Wildman–Crippen LogP) is 5.43. The fraction of sp³-hybridized carbons (Fsp3) is 0.158. The zero-order valence-electron chi connectivity index (χ0n) is 14.1. The van der Waals surface area contributed by atoms with Gasteiger partial charge in [0, 0.05) is 22.0 Å². The molecule has 0 aliphatic rings. The highest BCUT2D eigenvalue weighted by Crippen LogP contribution is 2.24. The monoisotopic (exact) mass is 398 g/mol. The van der Waals surface area contributed by atoms with Gasteiger partial charge in [0.15, 0.2) is 0 Å². The van der Waals surface area contributed by atoms with Crippen molar-refractivity contribution in [2.24, 2.45) is 0 Å². The van der Waals surface area contributed by atoms with Crippen molar-refractivity contribution in [2.75, 3.05) is 17.2 Å². The summed E-state index contributed by atoms with van der Waals surface area (Å²) in [4.78, 5) is 8.78. The molecule has 0 aliphatic carbocycles. The number of rotatable bonds is 6. The highest BCUT2D eigenvalue weighted by atomic mass is 79.9. The Balaban J connectivity index is 1.72. The van der Waals surface area contributed by atoms with E-state index >= 15 is 0 Å². The Morgan fingerprint density at radius 2 is 1.84 bits per heavy atom. The second-order valence-electron chi connectivity index (χ2n) is 5.43. The van der Waals surface area contributed by atoms with E-state index < -0.39 is 0 Å². The lowest BCUT2D eigenvalue weighted by Crippen LogP contribution is -2.01. The Bertz CT molecular complexity index is 852. The molecule has 0 saturated heterocycles. The van der Waals surface area contributed by atoms with Crippen molar-refractivity contribution in [3.8, 4) is 5.75 Å². The van der Waals surface area contributed by atoms with Crippen LogP contribution in [-0.4, -0.2) is 16.6 Å². The molecule has 0 bridgehead atoms. The molecule has 0 unspecified atom stereocenters. The van der Waals surface area contributed by atoms with Crippen LogP contribution >= 0.6 is 15.9 Å². The Morgan fingerprint density at radius 3 is 2.56 bits per heavy atom. The first kappa shape index (κ1) is 17.2. The molecule has 5 nitrogen and oxygen atoms in total. The Morgan fingerprint density at radius 1 is 1.04 bits per heavy atom. The quantitative estimate of drug-likeness (QED) is 0.579. The van der Waals surface area contributed by atoms with Gasteiger partial charge in [-0.3, -0.25) is 0 Å². The number of halogens is 1. The predicted molar refractivity (Wildman–Crippen MR) is 105 cm³/mol. The minimum absolute atomic E-state index is 0.531. The molecule has 0 spiro atoms. The van der Waals surface area contributed by atoms with Crippen molar-refractivity contribution in [1.29, 1.82) is 0 Å². The summed E-state index contributed by atoms with van der Waals surface area (Å²) in [6, 6.07) is 15.6. The third-order valence-electron chi connectivity index (χ3n) is 3.53. The maximum atomic E-state index is 5.44. The molecule has 1 aromatic heterocycles. The third-order valence-corrected chi connectivity index (χ3v) is 4.02. The van der Waals surface area contributed by atoms with Crippen LogP contribution in [0.25, 0.3) is 0 Å². The first-order valence-electron chi connectivity index (χ1n) is 8.00. The second kappa shape index (κ2) is 7.98. The van der Waals surface area contributed by atoms with Crippen LogP contribution in [0.1, 0.15) is 12.5 Å². The van der Waals surface area contributed by atoms with Gasteiger partial charge in [-0.15, -0.1) is 0 Å². The first-order valence-corrected chi connectivity index (χ1v) is 8.79. The summed E-state index contributed by atoms with van der Waals surface area (Å²) in [5, 5.41) is 6.52. The van der Waals surface area contributed by atoms with Gasteiger partial charge in [-0.05, 0) is 67.9 Å². The third kappa shape index (κ3) is 4.70. The number of nitrogens with one attached hydrogen (secondary N) is 2. The maximum Gasteiger partial charge on any atom is 0.229 e. The van der Waals surface area contributed by atoms with E-state index in [2.05, 4.69) is 42.6 Å². The lowest BCUT2D eigenvalue weighted by molar-refractivity contribution is 0.340. The van der Waals surface area contributed by atoms with E-state index in [0.717, 1.165) is 33.0 Å². The van der Waals surface area contributed by atoms with Gasteiger partial charge >= 0.3 is 0 Å². The number of benzene rings is 2. The van der Waals surface area contributed by atoms with Crippen LogP contribution < -0.4 is 15.4 Å². The van der Waals surface area contributed by atoms with E-state index in [4.69, 9.17) is 4.74 Å². The zero-order valence-corrected chi connectivity index (χ0v) is 15.7. The van der Waals surface area contributed by atoms with Crippen molar-refractivity contribution in [2.45, 2.75) is 13.8 Å². The molecule has 1 heterocycles. The molecule has 25 heavy (non-hydrogen) atoms. The summed E-state index contributed by atoms with van der Waals surface area (Å²) in [6.07, 6.45) is 1.72. The van der Waals surface area contributed by atoms with Crippen LogP contribution in [-0.2, 0) is 0 Å². The molecule has 0 radical (unpaired) electrons. The smallest absolute Gasteiger partial charge is 0.229 e. The number of hydrogen-bond donors (Lipinski definition) is 2. The van der Waals surface area contributed by atoms with Crippen LogP contribution in [0.4, 0.5) is 23.1 Å². The van der Waals surface area contributed by atoms with Gasteiger partial charge < -0.3 is 15.4 Å². The van der Waals surface area contributed by atoms with Crippen molar-refractivity contribution >= 4 is 39.1 Å². The molecule has 0 fully saturated rings. The number of nitrogens with zero attached hydrogens (tertiary/aromatic N) is 2. The van der Waals surface area contributed by atoms with Gasteiger partial charge in [-0.25, -0.2) is 4.98 Å². The van der Waals surface area contributed by atoms with Crippen LogP contribution in [0.3, 0.4) is 0 Å². The molecule has 2 N–H and O–H groups in total. The van der Waals surface area contributed by atoms with E-state index in [0.29, 0.717) is 12.6 Å². The molecular weight excluding hydrogens is 380 g/mol. The Hall–Kier alpha value is -2.60. The lowest BCUT2D eigenvalue weighted by Gasteiger charge is -2.11. The summed E-state index contributed by atoms with van der Waals surface area (Å²) in [6.45, 7) is 4.66. The minimum atomic E-state index is 0.531. The number of aryl methyl sites for hydroxylation is 1. The van der Waals surface area contributed by atoms with Crippen molar-refractivity contribution in [3.05, 3.63) is 64.8 Å². The standard InChI is InChI=1S/C19H19BrN4O/c1-3-25-16-7-5-15(6-8-16)22-19-21-11-10-18(24-19)23-17-9-4-14(20)12-13(17)2/h4-12H,3H2,1-2H3,(H2,21,22,23,24). The largest absolute Gasteiger partial charge is 0.494 e. The minimum Gasteiger partial charge on any atom is -0.494 e. The maximum absolute atomic E-state index is 5.44. The molecule has 0 amide bonds. The van der Waals surface area contributed by atoms with E-state index in [1.165, 1.54) is 0 Å². The summed E-state index contributed by atoms with van der Waals surface area (Å²) in [5.74, 6) is 2.10. The fourth-order valence-corrected chi connectivity index (χ4v) is 2.80. The molecule has 2 aromatic carbocycles. The van der Waals surface area contributed by atoms with E-state index in [9.17, 15) is 0 Å². The Labute approximate surface area is 155 Å². The molecule has 0 saturated carbocycles. The molecule has 6 heteroatoms. The second-order valence-corrected chi connectivity index (χ2v) is 6.35. The highest BCUT2D eigenvalue weighted by Gasteiger charge is 2.04. The molecule has 3 rings (SSSR count). The van der Waals surface area contributed by atoms with E-state index in [1.54, 1.807) is 6.20 Å². The molecule has 0 aliphatic heterocycles. The van der Waals surface area contributed by atoms with E-state index in [-0.39, 0.29) is 0 Å². The average molecular weight is 399 g/mol. The zero-order chi connectivity index (χ0) is 17.6. The van der Waals surface area contributed by atoms with Gasteiger partial charge in [-0.1, -0.05) is 15.9 Å². The lowest BCUT2D eigenvalue weighted by atomic mass is 10.2. The molecule has 0 atom stereocenters. The summed E-state index contributed by atoms with van der Waals surface area (Å²) in [5.41, 5.74) is 3.04. The molecule has 128 valence electrons.